The third-order valence-electron chi connectivity index (χ3n) is 15.7. The van der Waals surface area contributed by atoms with Crippen molar-refractivity contribution < 1.29 is 0 Å². The Kier molecular flexibility index (Phi) is 8.61. The number of rotatable bonds is 6. The van der Waals surface area contributed by atoms with E-state index in [1.54, 1.807) is 0 Å². The Labute approximate surface area is 404 Å². The van der Waals surface area contributed by atoms with Crippen molar-refractivity contribution in [2.24, 2.45) is 0 Å². The number of fused-ring (bicyclic) bond motifs is 14. The molecule has 11 aromatic carbocycles. The third-order valence-corrected chi connectivity index (χ3v) is 15.7. The number of anilines is 3. The van der Waals surface area contributed by atoms with Crippen LogP contribution in [0.4, 0.5) is 17.1 Å². The van der Waals surface area contributed by atoms with Crippen LogP contribution in [0.15, 0.2) is 249 Å². The maximum atomic E-state index is 2.52. The molecule has 0 atom stereocenters. The van der Waals surface area contributed by atoms with Crippen LogP contribution in [0, 0.1) is 0 Å². The molecule has 0 radical (unpaired) electrons. The first-order chi connectivity index (χ1) is 34.0. The normalized spacial score (nSPS) is 13.9. The van der Waals surface area contributed by atoms with Crippen LogP contribution in [-0.2, 0) is 10.8 Å². The van der Waals surface area contributed by atoms with Gasteiger partial charge in [-0.3, -0.25) is 0 Å². The average molecular weight is 878 g/mol. The van der Waals surface area contributed by atoms with Gasteiger partial charge in [0.15, 0.2) is 0 Å². The zero-order valence-corrected chi connectivity index (χ0v) is 38.6. The Bertz CT molecular complexity index is 3800. The summed E-state index contributed by atoms with van der Waals surface area (Å²) in [5, 5.41) is 2.50. The van der Waals surface area contributed by atoms with E-state index >= 15 is 0 Å². The summed E-state index contributed by atoms with van der Waals surface area (Å²) in [6.07, 6.45) is 0. The van der Waals surface area contributed by atoms with E-state index in [2.05, 4.69) is 267 Å². The van der Waals surface area contributed by atoms with Crippen LogP contribution in [0.5, 0.6) is 0 Å². The zero-order valence-electron chi connectivity index (χ0n) is 38.6. The summed E-state index contributed by atoms with van der Waals surface area (Å²) < 4.78 is 0. The predicted molar refractivity (Wildman–Crippen MR) is 289 cm³/mol. The van der Waals surface area contributed by atoms with Crippen LogP contribution in [0.1, 0.15) is 47.2 Å². The van der Waals surface area contributed by atoms with Crippen LogP contribution in [0.25, 0.3) is 77.5 Å². The second-order valence-corrected chi connectivity index (χ2v) is 19.5. The molecule has 0 unspecified atom stereocenters. The van der Waals surface area contributed by atoms with E-state index in [0.29, 0.717) is 0 Å². The van der Waals surface area contributed by atoms with Gasteiger partial charge in [-0.1, -0.05) is 232 Å². The fraction of sp³-hybridized carbons (Fsp3) is 0.0588. The molecule has 0 aromatic heterocycles. The summed E-state index contributed by atoms with van der Waals surface area (Å²) in [4.78, 5) is 2.52. The maximum Gasteiger partial charge on any atom is 0.0726 e. The van der Waals surface area contributed by atoms with Crippen LogP contribution >= 0.6 is 0 Å². The third kappa shape index (κ3) is 5.59. The maximum absolute atomic E-state index is 2.52. The van der Waals surface area contributed by atoms with E-state index < -0.39 is 5.41 Å². The lowest BCUT2D eigenvalue weighted by Crippen LogP contribution is -2.26. The fourth-order valence-corrected chi connectivity index (χ4v) is 12.8. The van der Waals surface area contributed by atoms with Crippen molar-refractivity contribution in [2.45, 2.75) is 24.7 Å². The highest BCUT2D eigenvalue weighted by Crippen LogP contribution is 2.63. The molecule has 0 aliphatic heterocycles. The van der Waals surface area contributed by atoms with Gasteiger partial charge in [0.1, 0.15) is 0 Å². The van der Waals surface area contributed by atoms with E-state index in [1.807, 2.05) is 0 Å². The molecule has 0 heterocycles. The number of hydrogen-bond acceptors (Lipinski definition) is 1. The molecule has 1 heteroatoms. The number of nitrogens with zero attached hydrogens (tertiary/aromatic N) is 1. The molecular weight excluding hydrogens is 831 g/mol. The summed E-state index contributed by atoms with van der Waals surface area (Å²) >= 11 is 0. The molecule has 1 nitrogen and oxygen atoms in total. The van der Waals surface area contributed by atoms with Crippen molar-refractivity contribution in [3.8, 4) is 66.8 Å². The summed E-state index contributed by atoms with van der Waals surface area (Å²) in [6.45, 7) is 4.75. The van der Waals surface area contributed by atoms with Crippen molar-refractivity contribution >= 4 is 27.8 Å². The summed E-state index contributed by atoms with van der Waals surface area (Å²) in [5.74, 6) is 0. The quantitative estimate of drug-likeness (QED) is 0.161. The van der Waals surface area contributed by atoms with E-state index in [9.17, 15) is 0 Å². The molecule has 69 heavy (non-hydrogen) atoms. The van der Waals surface area contributed by atoms with Gasteiger partial charge in [-0.05, 0) is 136 Å². The monoisotopic (exact) mass is 877 g/mol. The number of hydrogen-bond donors (Lipinski definition) is 0. The highest BCUT2D eigenvalue weighted by Gasteiger charge is 2.51. The van der Waals surface area contributed by atoms with Gasteiger partial charge in [-0.25, -0.2) is 0 Å². The van der Waals surface area contributed by atoms with Crippen molar-refractivity contribution in [2.75, 3.05) is 4.90 Å². The second kappa shape index (κ2) is 15.0. The van der Waals surface area contributed by atoms with Gasteiger partial charge in [0.2, 0.25) is 0 Å². The van der Waals surface area contributed by atoms with Crippen molar-refractivity contribution in [3.63, 3.8) is 0 Å². The Morgan fingerprint density at radius 3 is 1.38 bits per heavy atom. The smallest absolute Gasteiger partial charge is 0.0726 e. The molecule has 0 bridgehead atoms. The number of benzene rings is 11. The lowest BCUT2D eigenvalue weighted by atomic mass is 9.70. The van der Waals surface area contributed by atoms with Gasteiger partial charge < -0.3 is 4.90 Å². The Morgan fingerprint density at radius 1 is 0.290 bits per heavy atom. The highest BCUT2D eigenvalue weighted by molar-refractivity contribution is 6.07. The lowest BCUT2D eigenvalue weighted by Gasteiger charge is -2.33. The SMILES string of the molecule is CC1(C)c2ccccc2-c2c(-c3ccccc3N(c3ccc(-c4cccc5cccc(-c6ccccc6)c45)cc3)c3ccc4c(c3)C3(c5ccccc5-c5ccccc53)c3ccccc3-4)cccc21. The van der Waals surface area contributed by atoms with Crippen molar-refractivity contribution in [1.82, 2.24) is 0 Å². The van der Waals surface area contributed by atoms with Crippen LogP contribution < -0.4 is 4.90 Å². The van der Waals surface area contributed by atoms with Crippen molar-refractivity contribution in [1.29, 1.82) is 0 Å². The fourth-order valence-electron chi connectivity index (χ4n) is 12.8. The largest absolute Gasteiger partial charge is 0.310 e. The highest BCUT2D eigenvalue weighted by atomic mass is 15.1. The van der Waals surface area contributed by atoms with Crippen LogP contribution in [0.2, 0.25) is 0 Å². The Balaban J connectivity index is 1.01. The average Bonchev–Trinajstić information content (AvgIpc) is 3.97. The van der Waals surface area contributed by atoms with Crippen LogP contribution in [-0.4, -0.2) is 0 Å². The summed E-state index contributed by atoms with van der Waals surface area (Å²) in [6, 6.07) is 93.0. The first-order valence-electron chi connectivity index (χ1n) is 24.3. The molecule has 1 spiro atoms. The van der Waals surface area contributed by atoms with Gasteiger partial charge in [0.05, 0.1) is 11.1 Å². The van der Waals surface area contributed by atoms with Crippen LogP contribution in [0.3, 0.4) is 0 Å². The van der Waals surface area contributed by atoms with Gasteiger partial charge in [-0.15, -0.1) is 0 Å². The molecule has 324 valence electrons. The minimum atomic E-state index is -0.468. The summed E-state index contributed by atoms with van der Waals surface area (Å²) in [7, 11) is 0. The molecule has 3 aliphatic carbocycles. The first kappa shape index (κ1) is 39.6. The van der Waals surface area contributed by atoms with E-state index in [4.69, 9.17) is 0 Å². The molecular formula is C68H47N. The van der Waals surface area contributed by atoms with Gasteiger partial charge in [0, 0.05) is 22.4 Å². The molecule has 0 N–H and O–H groups in total. The lowest BCUT2D eigenvalue weighted by molar-refractivity contribution is 0.660. The first-order valence-corrected chi connectivity index (χ1v) is 24.3. The standard InChI is InChI=1S/C68H47N/c1-67(2)58-31-11-9-27-57(58)66-56(30-18-35-62(66)67)55-26-10-15-36-64(55)69(47-39-37-45(38-40-47)50-29-17-22-46-21-16-28-49(65(46)50)44-19-4-3-5-20-44)48-41-42-54-53-25-8-14-34-61(53)68(63(54)43-48)59-32-12-6-23-51(59)52-24-7-13-33-60(52)68/h3-43H,1-2H3. The Hall–Kier alpha value is -8.52. The molecule has 14 rings (SSSR count). The minimum absolute atomic E-state index is 0.119. The summed E-state index contributed by atoms with van der Waals surface area (Å²) in [5.41, 5.74) is 26.0. The van der Waals surface area contributed by atoms with Gasteiger partial charge in [0.25, 0.3) is 0 Å². The molecule has 3 aliphatic rings. The molecule has 0 saturated carbocycles. The molecule has 11 aromatic rings. The predicted octanol–water partition coefficient (Wildman–Crippen LogP) is 18.0. The molecule has 0 amide bonds. The topological polar surface area (TPSA) is 3.24 Å². The molecule has 0 fully saturated rings. The number of para-hydroxylation sites is 1. The van der Waals surface area contributed by atoms with Gasteiger partial charge >= 0.3 is 0 Å². The molecule has 0 saturated heterocycles. The van der Waals surface area contributed by atoms with E-state index in [-0.39, 0.29) is 5.41 Å². The van der Waals surface area contributed by atoms with E-state index in [1.165, 1.54) is 111 Å². The van der Waals surface area contributed by atoms with Crippen molar-refractivity contribution in [3.05, 3.63) is 282 Å². The Morgan fingerprint density at radius 2 is 0.739 bits per heavy atom. The van der Waals surface area contributed by atoms with Gasteiger partial charge in [-0.2, -0.15) is 0 Å². The van der Waals surface area contributed by atoms with E-state index in [0.717, 1.165) is 17.1 Å². The minimum Gasteiger partial charge on any atom is -0.310 e. The zero-order chi connectivity index (χ0) is 45.8. The second-order valence-electron chi connectivity index (χ2n) is 19.5.